The molecule has 0 aliphatic carbocycles. The van der Waals surface area contributed by atoms with Gasteiger partial charge in [-0.15, -0.1) is 0 Å². The van der Waals surface area contributed by atoms with Gasteiger partial charge in [-0.05, 0) is 64.7 Å². The quantitative estimate of drug-likeness (QED) is 0.410. The van der Waals surface area contributed by atoms with Crippen molar-refractivity contribution in [3.05, 3.63) is 28.6 Å². The molecule has 0 N–H and O–H groups in total. The molecule has 0 saturated heterocycles. The summed E-state index contributed by atoms with van der Waals surface area (Å²) >= 11 is 0. The Balaban J connectivity index is 2.88. The van der Waals surface area contributed by atoms with Gasteiger partial charge in [0, 0.05) is 17.9 Å². The standard InChI is InChI=1S/C21H30N2O4/c1-14(2)8-9-23-15(3)10-17(16(23)4)11-18(12-22)20(25)26-13-19(24)27-21(5,6)7/h10-11,14H,8-9,13H2,1-7H3/b18-11+. The van der Waals surface area contributed by atoms with Crippen LogP contribution in [0.5, 0.6) is 0 Å². The molecule has 1 aromatic heterocycles. The highest BCUT2D eigenvalue weighted by Crippen LogP contribution is 2.20. The first kappa shape index (κ1) is 22.5. The van der Waals surface area contributed by atoms with E-state index in [0.29, 0.717) is 5.92 Å². The van der Waals surface area contributed by atoms with Crippen LogP contribution in [0.15, 0.2) is 11.6 Å². The molecule has 148 valence electrons. The summed E-state index contributed by atoms with van der Waals surface area (Å²) in [6, 6.07) is 3.79. The number of ether oxygens (including phenoxy) is 2. The van der Waals surface area contributed by atoms with Gasteiger partial charge in [-0.25, -0.2) is 9.59 Å². The molecule has 6 nitrogen and oxygen atoms in total. The van der Waals surface area contributed by atoms with E-state index in [9.17, 15) is 14.9 Å². The van der Waals surface area contributed by atoms with Gasteiger partial charge in [0.05, 0.1) is 0 Å². The molecule has 0 saturated carbocycles. The first-order valence-corrected chi connectivity index (χ1v) is 9.12. The van der Waals surface area contributed by atoms with E-state index < -0.39 is 24.1 Å². The van der Waals surface area contributed by atoms with Crippen molar-refractivity contribution in [2.75, 3.05) is 6.61 Å². The van der Waals surface area contributed by atoms with E-state index in [1.807, 2.05) is 26.0 Å². The van der Waals surface area contributed by atoms with Gasteiger partial charge in [-0.1, -0.05) is 13.8 Å². The predicted octanol–water partition coefficient (Wildman–Crippen LogP) is 3.94. The number of hydrogen-bond donors (Lipinski definition) is 0. The van der Waals surface area contributed by atoms with Crippen LogP contribution in [0.1, 0.15) is 58.0 Å². The number of rotatable bonds is 7. The highest BCUT2D eigenvalue weighted by molar-refractivity contribution is 5.98. The van der Waals surface area contributed by atoms with Gasteiger partial charge in [0.1, 0.15) is 17.2 Å². The third-order valence-corrected chi connectivity index (χ3v) is 3.92. The number of carbonyl (C=O) groups excluding carboxylic acids is 2. The zero-order chi connectivity index (χ0) is 20.8. The molecule has 0 bridgehead atoms. The van der Waals surface area contributed by atoms with Crippen LogP contribution in [0.2, 0.25) is 0 Å². The van der Waals surface area contributed by atoms with Crippen LogP contribution in [0.3, 0.4) is 0 Å². The van der Waals surface area contributed by atoms with Gasteiger partial charge in [-0.3, -0.25) is 0 Å². The lowest BCUT2D eigenvalue weighted by atomic mass is 10.1. The minimum absolute atomic E-state index is 0.150. The van der Waals surface area contributed by atoms with Gasteiger partial charge in [0.15, 0.2) is 6.61 Å². The van der Waals surface area contributed by atoms with E-state index in [4.69, 9.17) is 9.47 Å². The van der Waals surface area contributed by atoms with Crippen LogP contribution >= 0.6 is 0 Å². The number of aromatic nitrogens is 1. The van der Waals surface area contributed by atoms with Crippen LogP contribution in [0, 0.1) is 31.1 Å². The van der Waals surface area contributed by atoms with Crippen LogP contribution in [-0.4, -0.2) is 28.7 Å². The summed E-state index contributed by atoms with van der Waals surface area (Å²) < 4.78 is 12.2. The summed E-state index contributed by atoms with van der Waals surface area (Å²) in [6.45, 7) is 13.8. The molecule has 0 aliphatic rings. The van der Waals surface area contributed by atoms with Crippen LogP contribution < -0.4 is 0 Å². The Kier molecular flexibility index (Phi) is 7.83. The van der Waals surface area contributed by atoms with Crippen LogP contribution in [-0.2, 0) is 25.6 Å². The van der Waals surface area contributed by atoms with Gasteiger partial charge >= 0.3 is 11.9 Å². The molecular formula is C21H30N2O4. The molecular weight excluding hydrogens is 344 g/mol. The van der Waals surface area contributed by atoms with E-state index in [-0.39, 0.29) is 5.57 Å². The summed E-state index contributed by atoms with van der Waals surface area (Å²) in [5, 5.41) is 9.31. The molecule has 0 aliphatic heterocycles. The SMILES string of the molecule is Cc1cc(/C=C(\C#N)C(=O)OCC(=O)OC(C)(C)C)c(C)n1CCC(C)C. The Bertz CT molecular complexity index is 758. The fourth-order valence-corrected chi connectivity index (χ4v) is 2.57. The topological polar surface area (TPSA) is 81.3 Å². The highest BCUT2D eigenvalue weighted by Gasteiger charge is 2.19. The van der Waals surface area contributed by atoms with Crippen molar-refractivity contribution >= 4 is 18.0 Å². The third kappa shape index (κ3) is 7.30. The Morgan fingerprint density at radius 1 is 1.30 bits per heavy atom. The van der Waals surface area contributed by atoms with Gasteiger partial charge in [-0.2, -0.15) is 5.26 Å². The van der Waals surface area contributed by atoms with Crippen molar-refractivity contribution in [2.45, 2.75) is 67.0 Å². The summed E-state index contributed by atoms with van der Waals surface area (Å²) in [4.78, 5) is 23.8. The molecule has 0 atom stereocenters. The number of carbonyl (C=O) groups is 2. The Morgan fingerprint density at radius 3 is 2.44 bits per heavy atom. The predicted molar refractivity (Wildman–Crippen MR) is 104 cm³/mol. The molecule has 0 unspecified atom stereocenters. The smallest absolute Gasteiger partial charge is 0.349 e. The van der Waals surface area contributed by atoms with Crippen molar-refractivity contribution < 1.29 is 19.1 Å². The van der Waals surface area contributed by atoms with Gasteiger partial charge in [0.25, 0.3) is 0 Å². The zero-order valence-corrected chi connectivity index (χ0v) is 17.4. The number of hydrogen-bond acceptors (Lipinski definition) is 5. The number of esters is 2. The summed E-state index contributed by atoms with van der Waals surface area (Å²) in [6.07, 6.45) is 2.55. The molecule has 0 spiro atoms. The minimum Gasteiger partial charge on any atom is -0.457 e. The lowest BCUT2D eigenvalue weighted by molar-refractivity contribution is -0.164. The molecule has 0 aromatic carbocycles. The van der Waals surface area contributed by atoms with Crippen molar-refractivity contribution in [1.29, 1.82) is 5.26 Å². The van der Waals surface area contributed by atoms with Crippen molar-refractivity contribution in [1.82, 2.24) is 4.57 Å². The second kappa shape index (κ2) is 9.40. The third-order valence-electron chi connectivity index (χ3n) is 3.92. The van der Waals surface area contributed by atoms with Crippen molar-refractivity contribution in [2.24, 2.45) is 5.92 Å². The lowest BCUT2D eigenvalue weighted by Crippen LogP contribution is -2.27. The van der Waals surface area contributed by atoms with Crippen molar-refractivity contribution in [3.63, 3.8) is 0 Å². The fourth-order valence-electron chi connectivity index (χ4n) is 2.57. The average molecular weight is 374 g/mol. The van der Waals surface area contributed by atoms with E-state index in [1.54, 1.807) is 20.8 Å². The van der Waals surface area contributed by atoms with E-state index in [2.05, 4.69) is 18.4 Å². The second-order valence-corrected chi connectivity index (χ2v) is 7.99. The van der Waals surface area contributed by atoms with Gasteiger partial charge in [0.2, 0.25) is 0 Å². The molecule has 6 heteroatoms. The zero-order valence-electron chi connectivity index (χ0n) is 17.4. The largest absolute Gasteiger partial charge is 0.457 e. The summed E-state index contributed by atoms with van der Waals surface area (Å²) in [7, 11) is 0. The maximum Gasteiger partial charge on any atom is 0.349 e. The van der Waals surface area contributed by atoms with E-state index in [1.165, 1.54) is 6.08 Å². The Morgan fingerprint density at radius 2 is 1.93 bits per heavy atom. The molecule has 27 heavy (non-hydrogen) atoms. The average Bonchev–Trinajstić information content (AvgIpc) is 2.80. The van der Waals surface area contributed by atoms with Crippen LogP contribution in [0.25, 0.3) is 6.08 Å². The fraction of sp³-hybridized carbons (Fsp3) is 0.571. The van der Waals surface area contributed by atoms with Crippen LogP contribution in [0.4, 0.5) is 0 Å². The first-order valence-electron chi connectivity index (χ1n) is 9.12. The molecule has 0 fully saturated rings. The molecule has 1 heterocycles. The Hall–Kier alpha value is -2.55. The number of aryl methyl sites for hydroxylation is 1. The van der Waals surface area contributed by atoms with E-state index >= 15 is 0 Å². The number of nitrogens with zero attached hydrogens (tertiary/aromatic N) is 2. The monoisotopic (exact) mass is 374 g/mol. The molecule has 1 aromatic rings. The summed E-state index contributed by atoms with van der Waals surface area (Å²) in [5.41, 5.74) is 2.04. The molecule has 0 amide bonds. The Labute approximate surface area is 161 Å². The summed E-state index contributed by atoms with van der Waals surface area (Å²) in [5.74, 6) is -0.905. The minimum atomic E-state index is -0.838. The maximum absolute atomic E-state index is 12.1. The maximum atomic E-state index is 12.1. The van der Waals surface area contributed by atoms with Crippen molar-refractivity contribution in [3.8, 4) is 6.07 Å². The lowest BCUT2D eigenvalue weighted by Gasteiger charge is -2.19. The number of nitriles is 1. The normalized spacial score (nSPS) is 12.0. The highest BCUT2D eigenvalue weighted by atomic mass is 16.6. The van der Waals surface area contributed by atoms with Gasteiger partial charge < -0.3 is 14.0 Å². The second-order valence-electron chi connectivity index (χ2n) is 7.99. The first-order chi connectivity index (χ1) is 12.4. The van der Waals surface area contributed by atoms with E-state index in [0.717, 1.165) is 29.9 Å². The molecule has 1 rings (SSSR count). The molecule has 0 radical (unpaired) electrons.